The maximum absolute atomic E-state index is 11.4. The minimum Gasteiger partial charge on any atom is -0.480 e. The monoisotopic (exact) mass is 228 g/mol. The van der Waals surface area contributed by atoms with Crippen molar-refractivity contribution >= 4 is 12.0 Å². The normalized spacial score (nSPS) is 14.8. The van der Waals surface area contributed by atoms with Crippen LogP contribution in [-0.4, -0.2) is 29.2 Å². The number of hydrogen-bond donors (Lipinski definition) is 3. The number of nitrogens with one attached hydrogen (secondary N) is 2. The molecule has 0 heterocycles. The molecule has 0 radical (unpaired) electrons. The van der Waals surface area contributed by atoms with Crippen LogP contribution in [0.15, 0.2) is 12.7 Å². The molecule has 92 valence electrons. The van der Waals surface area contributed by atoms with Crippen LogP contribution in [0.2, 0.25) is 0 Å². The number of hydrogen-bond acceptors (Lipinski definition) is 2. The van der Waals surface area contributed by atoms with Gasteiger partial charge in [0, 0.05) is 6.04 Å². The number of carbonyl (C=O) groups is 2. The smallest absolute Gasteiger partial charge is 0.326 e. The van der Waals surface area contributed by atoms with Crippen molar-refractivity contribution in [2.45, 2.75) is 39.8 Å². The lowest BCUT2D eigenvalue weighted by Crippen LogP contribution is -2.53. The predicted molar refractivity (Wildman–Crippen MR) is 62.2 cm³/mol. The molecule has 0 rings (SSSR count). The predicted octanol–water partition coefficient (Wildman–Crippen LogP) is 1.36. The largest absolute Gasteiger partial charge is 0.480 e. The highest BCUT2D eigenvalue weighted by Gasteiger charge is 2.32. The van der Waals surface area contributed by atoms with Gasteiger partial charge in [-0.3, -0.25) is 0 Å². The zero-order valence-electron chi connectivity index (χ0n) is 10.2. The van der Waals surface area contributed by atoms with E-state index in [4.69, 9.17) is 5.11 Å². The van der Waals surface area contributed by atoms with Crippen LogP contribution in [0.25, 0.3) is 0 Å². The number of carboxylic acids is 1. The molecule has 3 N–H and O–H groups in total. The fraction of sp³-hybridized carbons (Fsp3) is 0.636. The number of carboxylic acid groups (broad SMARTS) is 1. The van der Waals surface area contributed by atoms with E-state index in [0.29, 0.717) is 0 Å². The first-order valence-electron chi connectivity index (χ1n) is 5.11. The van der Waals surface area contributed by atoms with Gasteiger partial charge in [0.2, 0.25) is 0 Å². The highest BCUT2D eigenvalue weighted by Crippen LogP contribution is 2.19. The van der Waals surface area contributed by atoms with Gasteiger partial charge in [-0.05, 0) is 12.3 Å². The van der Waals surface area contributed by atoms with Gasteiger partial charge in [0.25, 0.3) is 0 Å². The van der Waals surface area contributed by atoms with Gasteiger partial charge < -0.3 is 15.7 Å². The van der Waals surface area contributed by atoms with Gasteiger partial charge in [-0.1, -0.05) is 26.8 Å². The summed E-state index contributed by atoms with van der Waals surface area (Å²) in [6.45, 7) is 10.5. The molecule has 0 aliphatic carbocycles. The molecule has 0 aliphatic heterocycles. The van der Waals surface area contributed by atoms with E-state index >= 15 is 0 Å². The fourth-order valence-corrected chi connectivity index (χ4v) is 1.09. The Morgan fingerprint density at radius 3 is 2.12 bits per heavy atom. The van der Waals surface area contributed by atoms with Gasteiger partial charge in [-0.2, -0.15) is 0 Å². The molecule has 0 saturated heterocycles. The van der Waals surface area contributed by atoms with Crippen LogP contribution in [0.4, 0.5) is 4.79 Å². The van der Waals surface area contributed by atoms with Crippen LogP contribution >= 0.6 is 0 Å². The van der Waals surface area contributed by atoms with Crippen molar-refractivity contribution in [3.05, 3.63) is 12.7 Å². The summed E-state index contributed by atoms with van der Waals surface area (Å²) in [5.41, 5.74) is -0.541. The third kappa shape index (κ3) is 4.82. The first kappa shape index (κ1) is 14.5. The number of carbonyl (C=O) groups excluding carboxylic acids is 1. The summed E-state index contributed by atoms with van der Waals surface area (Å²) in [6.07, 6.45) is 1.56. The van der Waals surface area contributed by atoms with Gasteiger partial charge in [-0.15, -0.1) is 6.58 Å². The summed E-state index contributed by atoms with van der Waals surface area (Å²) >= 11 is 0. The Bertz CT molecular complexity index is 281. The van der Waals surface area contributed by atoms with Crippen LogP contribution in [0.3, 0.4) is 0 Å². The van der Waals surface area contributed by atoms with Gasteiger partial charge in [0.15, 0.2) is 0 Å². The van der Waals surface area contributed by atoms with Crippen LogP contribution in [0.5, 0.6) is 0 Å². The van der Waals surface area contributed by atoms with E-state index in [9.17, 15) is 9.59 Å². The van der Waals surface area contributed by atoms with E-state index in [-0.39, 0.29) is 6.04 Å². The van der Waals surface area contributed by atoms with Crippen molar-refractivity contribution < 1.29 is 14.7 Å². The van der Waals surface area contributed by atoms with Gasteiger partial charge in [0.05, 0.1) is 0 Å². The Labute approximate surface area is 95.9 Å². The van der Waals surface area contributed by atoms with Crippen molar-refractivity contribution in [1.82, 2.24) is 10.6 Å². The average Bonchev–Trinajstić information content (AvgIpc) is 2.11. The molecule has 0 bridgehead atoms. The molecule has 0 saturated carbocycles. The third-order valence-corrected chi connectivity index (χ3v) is 2.10. The molecule has 5 heteroatoms. The second-order valence-electron chi connectivity index (χ2n) is 4.78. The molecule has 2 atom stereocenters. The van der Waals surface area contributed by atoms with E-state index in [1.165, 1.54) is 0 Å². The van der Waals surface area contributed by atoms with Crippen molar-refractivity contribution in [3.8, 4) is 0 Å². The first-order chi connectivity index (χ1) is 7.18. The maximum Gasteiger partial charge on any atom is 0.326 e. The van der Waals surface area contributed by atoms with Crippen molar-refractivity contribution in [2.24, 2.45) is 5.41 Å². The molecule has 0 aliphatic rings. The van der Waals surface area contributed by atoms with Crippen molar-refractivity contribution in [2.75, 3.05) is 0 Å². The van der Waals surface area contributed by atoms with Gasteiger partial charge in [0.1, 0.15) is 6.04 Å². The number of rotatable bonds is 4. The Kier molecular flexibility index (Phi) is 5.01. The van der Waals surface area contributed by atoms with Gasteiger partial charge in [-0.25, -0.2) is 9.59 Å². The molecule has 1 unspecified atom stereocenters. The first-order valence-corrected chi connectivity index (χ1v) is 5.11. The molecule has 0 aromatic rings. The Morgan fingerprint density at radius 1 is 1.31 bits per heavy atom. The molecule has 2 amide bonds. The molecule has 16 heavy (non-hydrogen) atoms. The summed E-state index contributed by atoms with van der Waals surface area (Å²) in [5.74, 6) is -1.05. The second-order valence-corrected chi connectivity index (χ2v) is 4.78. The van der Waals surface area contributed by atoms with E-state index in [1.807, 2.05) is 0 Å². The summed E-state index contributed by atoms with van der Waals surface area (Å²) in [6, 6.07) is -1.63. The Balaban J connectivity index is 4.48. The summed E-state index contributed by atoms with van der Waals surface area (Å²) in [4.78, 5) is 22.4. The third-order valence-electron chi connectivity index (χ3n) is 2.10. The molecule has 0 aromatic carbocycles. The molecule has 5 nitrogen and oxygen atoms in total. The van der Waals surface area contributed by atoms with Crippen LogP contribution in [0.1, 0.15) is 27.7 Å². The average molecular weight is 228 g/mol. The minimum absolute atomic E-state index is 0.200. The van der Waals surface area contributed by atoms with E-state index in [0.717, 1.165) is 0 Å². The number of amides is 2. The highest BCUT2D eigenvalue weighted by atomic mass is 16.4. The van der Waals surface area contributed by atoms with E-state index in [2.05, 4.69) is 17.2 Å². The lowest BCUT2D eigenvalue weighted by atomic mass is 9.87. The maximum atomic E-state index is 11.4. The van der Waals surface area contributed by atoms with Crippen LogP contribution in [0, 0.1) is 5.41 Å². The second kappa shape index (κ2) is 5.53. The molecular weight excluding hydrogens is 208 g/mol. The Hall–Kier alpha value is -1.52. The number of urea groups is 1. The molecule has 0 aromatic heterocycles. The summed E-state index contributed by atoms with van der Waals surface area (Å²) < 4.78 is 0. The lowest BCUT2D eigenvalue weighted by molar-refractivity contribution is -0.141. The highest BCUT2D eigenvalue weighted by molar-refractivity contribution is 5.83. The van der Waals surface area contributed by atoms with E-state index in [1.54, 1.807) is 33.8 Å². The Morgan fingerprint density at radius 2 is 1.81 bits per heavy atom. The van der Waals surface area contributed by atoms with Crippen LogP contribution < -0.4 is 10.6 Å². The van der Waals surface area contributed by atoms with Crippen molar-refractivity contribution in [1.29, 1.82) is 0 Å². The fourth-order valence-electron chi connectivity index (χ4n) is 1.09. The van der Waals surface area contributed by atoms with E-state index < -0.39 is 23.5 Å². The van der Waals surface area contributed by atoms with Crippen LogP contribution in [-0.2, 0) is 4.79 Å². The molecule has 0 spiro atoms. The SMILES string of the molecule is C=CC(C)NC(=O)N[C@H](C(=O)O)C(C)(C)C. The minimum atomic E-state index is -1.05. The van der Waals surface area contributed by atoms with Gasteiger partial charge >= 0.3 is 12.0 Å². The number of aliphatic carboxylic acids is 1. The topological polar surface area (TPSA) is 78.4 Å². The molecular formula is C11H20N2O3. The summed E-state index contributed by atoms with van der Waals surface area (Å²) in [7, 11) is 0. The molecule has 0 fully saturated rings. The zero-order chi connectivity index (χ0) is 12.9. The quantitative estimate of drug-likeness (QED) is 0.636. The lowest BCUT2D eigenvalue weighted by Gasteiger charge is -2.28. The zero-order valence-corrected chi connectivity index (χ0v) is 10.2. The summed E-state index contributed by atoms with van der Waals surface area (Å²) in [5, 5.41) is 14.0. The standard InChI is InChI=1S/C11H20N2O3/c1-6-7(2)12-10(16)13-8(9(14)15)11(3,4)5/h6-8H,1H2,2-5H3,(H,14,15)(H2,12,13,16)/t7?,8-/m1/s1. The van der Waals surface area contributed by atoms with Crippen molar-refractivity contribution in [3.63, 3.8) is 0 Å².